The van der Waals surface area contributed by atoms with E-state index < -0.39 is 85.0 Å². The van der Waals surface area contributed by atoms with Crippen molar-refractivity contribution in [1.82, 2.24) is 5.32 Å². The number of carbonyl (C=O) groups excluding carboxylic acids is 6. The Morgan fingerprint density at radius 1 is 0.911 bits per heavy atom. The number of esters is 5. The Morgan fingerprint density at radius 3 is 2.07 bits per heavy atom. The quantitative estimate of drug-likeness (QED) is 0.0531. The topological polar surface area (TPSA) is 228 Å². The molecule has 0 radical (unpaired) electrons. The molecule has 0 bridgehead atoms. The van der Waals surface area contributed by atoms with Gasteiger partial charge in [-0.05, 0) is 18.4 Å². The van der Waals surface area contributed by atoms with Crippen molar-refractivity contribution in [2.45, 2.75) is 116 Å². The molecule has 0 aromatic rings. The van der Waals surface area contributed by atoms with Crippen LogP contribution < -0.4 is 5.32 Å². The summed E-state index contributed by atoms with van der Waals surface area (Å²) >= 11 is 0. The minimum Gasteiger partial charge on any atom is -0.465 e. The molecule has 0 aromatic carbocycles. The van der Waals surface area contributed by atoms with E-state index in [1.54, 1.807) is 0 Å². The highest BCUT2D eigenvalue weighted by Crippen LogP contribution is 2.37. The largest absolute Gasteiger partial charge is 0.465 e. The van der Waals surface area contributed by atoms with Gasteiger partial charge in [0.25, 0.3) is 5.79 Å². The van der Waals surface area contributed by atoms with Gasteiger partial charge in [-0.1, -0.05) is 30.8 Å². The standard InChI is InChI=1S/C28H44N4O13/c1-17(33)31-24-22(42-19(3)35)15-28(27(38)39-6,41-14-12-10-8-7-9-11-13-30-32-29)45-26(24)25(44-21(5)37)23(43-20(4)36)16-40-18(2)34/h22-26H,7-16H2,1-6H3,(H,31,33)/t22-,23+,24+,25-,26+,28-/m0/s1. The van der Waals surface area contributed by atoms with Crippen LogP contribution in [0.3, 0.4) is 0 Å². The molecule has 0 aliphatic carbocycles. The monoisotopic (exact) mass is 644 g/mol. The molecule has 1 amide bonds. The summed E-state index contributed by atoms with van der Waals surface area (Å²) in [6.07, 6.45) is -1.79. The van der Waals surface area contributed by atoms with Crippen molar-refractivity contribution in [3.8, 4) is 0 Å². The highest BCUT2D eigenvalue weighted by molar-refractivity contribution is 5.79. The van der Waals surface area contributed by atoms with Crippen LogP contribution in [0.1, 0.15) is 79.6 Å². The van der Waals surface area contributed by atoms with E-state index in [2.05, 4.69) is 15.3 Å². The maximum absolute atomic E-state index is 13.3. The summed E-state index contributed by atoms with van der Waals surface area (Å²) < 4.78 is 38.6. The fourth-order valence-corrected chi connectivity index (χ4v) is 4.82. The summed E-state index contributed by atoms with van der Waals surface area (Å²) in [5.74, 6) is -7.03. The normalized spacial score (nSPS) is 22.0. The Hall–Kier alpha value is -3.95. The highest BCUT2D eigenvalue weighted by Gasteiger charge is 2.59. The zero-order chi connectivity index (χ0) is 34.0. The molecule has 17 nitrogen and oxygen atoms in total. The highest BCUT2D eigenvalue weighted by atomic mass is 16.7. The van der Waals surface area contributed by atoms with Crippen molar-refractivity contribution in [3.05, 3.63) is 10.4 Å². The van der Waals surface area contributed by atoms with Crippen LogP contribution in [0.15, 0.2) is 5.11 Å². The van der Waals surface area contributed by atoms with Crippen LogP contribution in [0.4, 0.5) is 0 Å². The van der Waals surface area contributed by atoms with E-state index in [0.717, 1.165) is 66.9 Å². The van der Waals surface area contributed by atoms with Crippen molar-refractivity contribution in [3.63, 3.8) is 0 Å². The number of nitrogens with zero attached hydrogens (tertiary/aromatic N) is 3. The Kier molecular flexibility index (Phi) is 17.5. The van der Waals surface area contributed by atoms with Crippen LogP contribution in [-0.4, -0.2) is 98.9 Å². The number of unbranched alkanes of at least 4 members (excludes halogenated alkanes) is 5. The fraction of sp³-hybridized carbons (Fsp3) is 0.786. The molecule has 1 N–H and O–H groups in total. The second kappa shape index (κ2) is 20.2. The lowest BCUT2D eigenvalue weighted by atomic mass is 9.88. The third-order valence-corrected chi connectivity index (χ3v) is 6.55. The molecule has 1 aliphatic rings. The minimum absolute atomic E-state index is 0.00278. The molecule has 0 aromatic heterocycles. The molecule has 0 saturated carbocycles. The number of ether oxygens (including phenoxy) is 7. The summed E-state index contributed by atoms with van der Waals surface area (Å²) in [5, 5.41) is 6.10. The first-order chi connectivity index (χ1) is 21.3. The Labute approximate surface area is 261 Å². The number of hydrogen-bond acceptors (Lipinski definition) is 14. The van der Waals surface area contributed by atoms with E-state index in [1.807, 2.05) is 0 Å². The summed E-state index contributed by atoms with van der Waals surface area (Å²) in [6, 6.07) is -1.27. The molecule has 6 atom stereocenters. The summed E-state index contributed by atoms with van der Waals surface area (Å²) in [5.41, 5.74) is 8.35. The maximum atomic E-state index is 13.3. The Bertz CT molecular complexity index is 1080. The SMILES string of the molecule is COC(=O)[C@]1(OCCCCCCCCN=[N+]=[N-])C[C@H](OC(C)=O)[C@@H](NC(C)=O)[C@H]([C@@H](OC(C)=O)[C@@H](COC(C)=O)OC(C)=O)O1. The molecule has 1 heterocycles. The van der Waals surface area contributed by atoms with E-state index in [9.17, 15) is 28.8 Å². The Balaban J connectivity index is 3.47. The zero-order valence-electron chi connectivity index (χ0n) is 26.6. The summed E-state index contributed by atoms with van der Waals surface area (Å²) in [6.45, 7) is 5.38. The van der Waals surface area contributed by atoms with Crippen molar-refractivity contribution in [1.29, 1.82) is 0 Å². The lowest BCUT2D eigenvalue weighted by Gasteiger charge is -2.48. The molecule has 1 fully saturated rings. The van der Waals surface area contributed by atoms with Gasteiger partial charge in [0.15, 0.2) is 12.2 Å². The van der Waals surface area contributed by atoms with Crippen LogP contribution in [0.2, 0.25) is 0 Å². The first-order valence-electron chi connectivity index (χ1n) is 14.6. The first kappa shape index (κ1) is 39.1. The van der Waals surface area contributed by atoms with Gasteiger partial charge in [0.1, 0.15) is 18.8 Å². The van der Waals surface area contributed by atoms with Gasteiger partial charge in [-0.3, -0.25) is 24.0 Å². The molecule has 254 valence electrons. The number of rotatable bonds is 19. The predicted octanol–water partition coefficient (Wildman–Crippen LogP) is 2.18. The van der Waals surface area contributed by atoms with Gasteiger partial charge >= 0.3 is 29.8 Å². The van der Waals surface area contributed by atoms with Crippen molar-refractivity contribution >= 4 is 35.8 Å². The van der Waals surface area contributed by atoms with E-state index in [4.69, 9.17) is 38.7 Å². The number of nitrogens with one attached hydrogen (secondary N) is 1. The average molecular weight is 645 g/mol. The van der Waals surface area contributed by atoms with Gasteiger partial charge in [-0.15, -0.1) is 0 Å². The Morgan fingerprint density at radius 2 is 1.53 bits per heavy atom. The number of carbonyl (C=O) groups is 6. The molecule has 45 heavy (non-hydrogen) atoms. The van der Waals surface area contributed by atoms with E-state index >= 15 is 0 Å². The van der Waals surface area contributed by atoms with E-state index in [-0.39, 0.29) is 6.61 Å². The molecular formula is C28H44N4O13. The molecule has 1 aliphatic heterocycles. The van der Waals surface area contributed by atoms with Crippen molar-refractivity contribution in [2.75, 3.05) is 26.9 Å². The van der Waals surface area contributed by atoms with Crippen LogP contribution in [0.25, 0.3) is 10.4 Å². The number of methoxy groups -OCH3 is 1. The molecular weight excluding hydrogens is 600 g/mol. The second-order valence-corrected chi connectivity index (χ2v) is 10.4. The molecule has 1 saturated heterocycles. The third-order valence-electron chi connectivity index (χ3n) is 6.55. The lowest BCUT2D eigenvalue weighted by molar-refractivity contribution is -0.314. The zero-order valence-corrected chi connectivity index (χ0v) is 26.6. The van der Waals surface area contributed by atoms with Crippen LogP contribution in [-0.2, 0) is 61.9 Å². The summed E-state index contributed by atoms with van der Waals surface area (Å²) in [4.78, 5) is 76.5. The van der Waals surface area contributed by atoms with E-state index in [1.165, 1.54) is 6.92 Å². The number of azide groups is 1. The van der Waals surface area contributed by atoms with Crippen LogP contribution in [0.5, 0.6) is 0 Å². The van der Waals surface area contributed by atoms with Crippen molar-refractivity contribution < 1.29 is 61.9 Å². The molecule has 1 rings (SSSR count). The predicted molar refractivity (Wildman–Crippen MR) is 153 cm³/mol. The van der Waals surface area contributed by atoms with Gasteiger partial charge in [-0.2, -0.15) is 0 Å². The second-order valence-electron chi connectivity index (χ2n) is 10.4. The minimum atomic E-state index is -2.22. The van der Waals surface area contributed by atoms with Gasteiger partial charge in [0.05, 0.1) is 26.2 Å². The maximum Gasteiger partial charge on any atom is 0.366 e. The van der Waals surface area contributed by atoms with Crippen LogP contribution in [0, 0.1) is 0 Å². The average Bonchev–Trinajstić information content (AvgIpc) is 2.95. The van der Waals surface area contributed by atoms with Crippen molar-refractivity contribution in [2.24, 2.45) is 5.11 Å². The van der Waals surface area contributed by atoms with Crippen LogP contribution >= 0.6 is 0 Å². The fourth-order valence-electron chi connectivity index (χ4n) is 4.82. The third kappa shape index (κ3) is 14.1. The van der Waals surface area contributed by atoms with Gasteiger partial charge in [0.2, 0.25) is 5.91 Å². The lowest BCUT2D eigenvalue weighted by Crippen LogP contribution is -2.69. The molecule has 17 heteroatoms. The number of hydrogen-bond donors (Lipinski definition) is 1. The van der Waals surface area contributed by atoms with E-state index in [0.29, 0.717) is 13.0 Å². The first-order valence-corrected chi connectivity index (χ1v) is 14.6. The smallest absolute Gasteiger partial charge is 0.366 e. The van der Waals surface area contributed by atoms with Gasteiger partial charge in [-0.25, -0.2) is 4.79 Å². The molecule has 0 unspecified atom stereocenters. The molecule has 0 spiro atoms. The summed E-state index contributed by atoms with van der Waals surface area (Å²) in [7, 11) is 1.09. The van der Waals surface area contributed by atoms with Gasteiger partial charge in [0, 0.05) is 46.1 Å². The van der Waals surface area contributed by atoms with Gasteiger partial charge < -0.3 is 38.5 Å². The number of amides is 1.